The second kappa shape index (κ2) is 8.11. The van der Waals surface area contributed by atoms with Gasteiger partial charge in [0.15, 0.2) is 10.5 Å². The highest BCUT2D eigenvalue weighted by atomic mass is 35.5. The lowest BCUT2D eigenvalue weighted by atomic mass is 10.1. The molecular formula is C22H16ClN3O2S. The smallest absolute Gasteiger partial charge is 0.201 e. The van der Waals surface area contributed by atoms with Crippen LogP contribution in [-0.4, -0.2) is 23.6 Å². The van der Waals surface area contributed by atoms with Crippen LogP contribution in [0.4, 0.5) is 0 Å². The Bertz CT molecular complexity index is 1220. The maximum Gasteiger partial charge on any atom is 0.201 e. The molecule has 3 aromatic carbocycles. The van der Waals surface area contributed by atoms with Gasteiger partial charge in [0.2, 0.25) is 9.84 Å². The molecule has 4 rings (SSSR count). The third-order valence-corrected chi connectivity index (χ3v) is 6.96. The van der Waals surface area contributed by atoms with Crippen molar-refractivity contribution in [3.05, 3.63) is 96.7 Å². The van der Waals surface area contributed by atoms with Gasteiger partial charge in [-0.05, 0) is 12.1 Å². The van der Waals surface area contributed by atoms with Crippen molar-refractivity contribution in [1.29, 1.82) is 0 Å². The van der Waals surface area contributed by atoms with E-state index in [1.54, 1.807) is 18.2 Å². The van der Waals surface area contributed by atoms with Crippen LogP contribution in [0.3, 0.4) is 0 Å². The van der Waals surface area contributed by atoms with Crippen molar-refractivity contribution in [2.24, 2.45) is 0 Å². The van der Waals surface area contributed by atoms with Gasteiger partial charge in [-0.15, -0.1) is 10.2 Å². The van der Waals surface area contributed by atoms with E-state index in [1.165, 1.54) is 12.1 Å². The SMILES string of the molecule is O=S(=O)(c1ccccc1)C(Cl)c1nc(-c2ccccc2)nnc1-c1ccccc1. The van der Waals surface area contributed by atoms with Crippen molar-refractivity contribution in [1.82, 2.24) is 15.2 Å². The first kappa shape index (κ1) is 19.2. The van der Waals surface area contributed by atoms with Crippen LogP contribution in [0.2, 0.25) is 0 Å². The van der Waals surface area contributed by atoms with Crippen LogP contribution in [0.5, 0.6) is 0 Å². The fourth-order valence-electron chi connectivity index (χ4n) is 2.88. The molecule has 0 spiro atoms. The van der Waals surface area contributed by atoms with Crippen LogP contribution in [0.25, 0.3) is 22.6 Å². The van der Waals surface area contributed by atoms with Crippen molar-refractivity contribution in [2.45, 2.75) is 9.60 Å². The molecule has 0 aliphatic rings. The lowest BCUT2D eigenvalue weighted by molar-refractivity contribution is 0.593. The number of alkyl halides is 1. The fourth-order valence-corrected chi connectivity index (χ4v) is 4.58. The van der Waals surface area contributed by atoms with Crippen molar-refractivity contribution in [3.63, 3.8) is 0 Å². The van der Waals surface area contributed by atoms with E-state index in [0.29, 0.717) is 17.1 Å². The average molecular weight is 422 g/mol. The van der Waals surface area contributed by atoms with Gasteiger partial charge in [0.05, 0.1) is 4.90 Å². The van der Waals surface area contributed by atoms with Crippen LogP contribution in [0.15, 0.2) is 95.9 Å². The quantitative estimate of drug-likeness (QED) is 0.428. The van der Waals surface area contributed by atoms with Crippen LogP contribution in [0, 0.1) is 0 Å². The Hall–Kier alpha value is -3.09. The third kappa shape index (κ3) is 3.90. The Labute approximate surface area is 174 Å². The Morgan fingerprint density at radius 3 is 1.79 bits per heavy atom. The summed E-state index contributed by atoms with van der Waals surface area (Å²) in [5.74, 6) is 0.314. The van der Waals surface area contributed by atoms with E-state index in [4.69, 9.17) is 11.6 Å². The van der Waals surface area contributed by atoms with E-state index in [9.17, 15) is 8.42 Å². The minimum atomic E-state index is -3.89. The van der Waals surface area contributed by atoms with Crippen molar-refractivity contribution in [3.8, 4) is 22.6 Å². The standard InChI is InChI=1S/C22H16ClN3O2S/c23-21(29(27,28)18-14-8-3-9-15-18)20-19(16-10-4-1-5-11-16)25-26-22(24-20)17-12-6-2-7-13-17/h1-15,21H. The summed E-state index contributed by atoms with van der Waals surface area (Å²) in [4.78, 5) is 4.65. The molecule has 29 heavy (non-hydrogen) atoms. The summed E-state index contributed by atoms with van der Waals surface area (Å²) >= 11 is 6.53. The average Bonchev–Trinajstić information content (AvgIpc) is 2.80. The maximum atomic E-state index is 13.1. The molecule has 0 radical (unpaired) electrons. The van der Waals surface area contributed by atoms with Gasteiger partial charge in [0.1, 0.15) is 11.4 Å². The predicted octanol–water partition coefficient (Wildman–Crippen LogP) is 4.92. The number of aromatic nitrogens is 3. The predicted molar refractivity (Wildman–Crippen MR) is 113 cm³/mol. The normalized spacial score (nSPS) is 12.4. The zero-order valence-corrected chi connectivity index (χ0v) is 16.8. The van der Waals surface area contributed by atoms with E-state index in [2.05, 4.69) is 15.2 Å². The lowest BCUT2D eigenvalue weighted by Gasteiger charge is -2.15. The molecule has 0 N–H and O–H groups in total. The topological polar surface area (TPSA) is 72.8 Å². The number of benzene rings is 3. The summed E-state index contributed by atoms with van der Waals surface area (Å²) in [5.41, 5.74) is 1.90. The Morgan fingerprint density at radius 1 is 0.690 bits per heavy atom. The molecule has 1 heterocycles. The van der Waals surface area contributed by atoms with Crippen LogP contribution >= 0.6 is 11.6 Å². The van der Waals surface area contributed by atoms with Gasteiger partial charge in [-0.25, -0.2) is 13.4 Å². The van der Waals surface area contributed by atoms with Gasteiger partial charge in [-0.2, -0.15) is 0 Å². The number of hydrogen-bond acceptors (Lipinski definition) is 5. The fraction of sp³-hybridized carbons (Fsp3) is 0.0455. The summed E-state index contributed by atoms with van der Waals surface area (Å²) in [6.07, 6.45) is 0. The number of sulfone groups is 1. The maximum absolute atomic E-state index is 13.1. The third-order valence-electron chi connectivity index (χ3n) is 4.35. The Balaban J connectivity index is 1.89. The van der Waals surface area contributed by atoms with E-state index in [0.717, 1.165) is 5.56 Å². The minimum absolute atomic E-state index is 0.124. The molecule has 0 fully saturated rings. The molecule has 0 bridgehead atoms. The molecule has 4 aromatic rings. The molecule has 144 valence electrons. The van der Waals surface area contributed by atoms with E-state index in [-0.39, 0.29) is 10.6 Å². The molecule has 7 heteroatoms. The summed E-state index contributed by atoms with van der Waals surface area (Å²) in [6, 6.07) is 26.5. The van der Waals surface area contributed by atoms with Crippen LogP contribution in [-0.2, 0) is 9.84 Å². The number of halogens is 1. The molecule has 0 saturated carbocycles. The van der Waals surface area contributed by atoms with E-state index in [1.807, 2.05) is 60.7 Å². The zero-order chi connectivity index (χ0) is 20.3. The molecule has 0 aliphatic heterocycles. The van der Waals surface area contributed by atoms with Crippen LogP contribution < -0.4 is 0 Å². The number of nitrogens with zero attached hydrogens (tertiary/aromatic N) is 3. The molecule has 5 nitrogen and oxygen atoms in total. The van der Waals surface area contributed by atoms with Gasteiger partial charge in [0.25, 0.3) is 0 Å². The summed E-state index contributed by atoms with van der Waals surface area (Å²) in [5, 5.41) is 8.50. The van der Waals surface area contributed by atoms with Gasteiger partial charge < -0.3 is 0 Å². The molecule has 0 amide bonds. The second-order valence-electron chi connectivity index (χ2n) is 6.28. The monoisotopic (exact) mass is 421 g/mol. The van der Waals surface area contributed by atoms with Gasteiger partial charge in [0, 0.05) is 11.1 Å². The first-order valence-corrected chi connectivity index (χ1v) is 10.8. The molecule has 1 unspecified atom stereocenters. The first-order valence-electron chi connectivity index (χ1n) is 8.86. The minimum Gasteiger partial charge on any atom is -0.226 e. The largest absolute Gasteiger partial charge is 0.226 e. The molecule has 1 aromatic heterocycles. The van der Waals surface area contributed by atoms with E-state index >= 15 is 0 Å². The molecule has 0 aliphatic carbocycles. The zero-order valence-electron chi connectivity index (χ0n) is 15.2. The highest BCUT2D eigenvalue weighted by Gasteiger charge is 2.32. The second-order valence-corrected chi connectivity index (χ2v) is 9.00. The Morgan fingerprint density at radius 2 is 1.21 bits per heavy atom. The van der Waals surface area contributed by atoms with Crippen molar-refractivity contribution >= 4 is 21.4 Å². The highest BCUT2D eigenvalue weighted by Crippen LogP contribution is 2.36. The summed E-state index contributed by atoms with van der Waals surface area (Å²) in [6.45, 7) is 0. The van der Waals surface area contributed by atoms with Crippen molar-refractivity contribution in [2.75, 3.05) is 0 Å². The van der Waals surface area contributed by atoms with Gasteiger partial charge in [-0.3, -0.25) is 0 Å². The molecule has 0 saturated heterocycles. The number of hydrogen-bond donors (Lipinski definition) is 0. The van der Waals surface area contributed by atoms with Gasteiger partial charge in [-0.1, -0.05) is 90.5 Å². The molecule has 1 atom stereocenters. The highest BCUT2D eigenvalue weighted by molar-refractivity contribution is 7.92. The molecular weight excluding hydrogens is 406 g/mol. The summed E-state index contributed by atoms with van der Waals surface area (Å²) in [7, 11) is -3.89. The Kier molecular flexibility index (Phi) is 5.38. The van der Waals surface area contributed by atoms with Gasteiger partial charge >= 0.3 is 0 Å². The van der Waals surface area contributed by atoms with Crippen LogP contribution in [0.1, 0.15) is 10.4 Å². The first-order chi connectivity index (χ1) is 14.1. The summed E-state index contributed by atoms with van der Waals surface area (Å²) < 4.78 is 24.9. The lowest BCUT2D eigenvalue weighted by Crippen LogP contribution is -2.13. The van der Waals surface area contributed by atoms with Crippen molar-refractivity contribution < 1.29 is 8.42 Å². The number of rotatable bonds is 5. The van der Waals surface area contributed by atoms with E-state index < -0.39 is 14.5 Å².